The maximum absolute atomic E-state index is 12.7. The average Bonchev–Trinajstić information content (AvgIpc) is 3.08. The summed E-state index contributed by atoms with van der Waals surface area (Å²) in [6.45, 7) is 4.79. The van der Waals surface area contributed by atoms with Gasteiger partial charge in [-0.05, 0) is 57.8 Å². The highest BCUT2D eigenvalue weighted by Gasteiger charge is 2.25. The first-order valence-corrected chi connectivity index (χ1v) is 20.5. The van der Waals surface area contributed by atoms with Crippen LogP contribution in [0.4, 0.5) is 0 Å². The van der Waals surface area contributed by atoms with Gasteiger partial charge in [-0.15, -0.1) is 0 Å². The molecule has 0 rings (SSSR count). The fourth-order valence-electron chi connectivity index (χ4n) is 5.40. The van der Waals surface area contributed by atoms with Crippen LogP contribution in [0.2, 0.25) is 0 Å². The van der Waals surface area contributed by atoms with Crippen molar-refractivity contribution in [1.82, 2.24) is 0 Å². The predicted octanol–water partition coefficient (Wildman–Crippen LogP) is 10.1. The standard InChI is InChI=1S/C42H77NO8/c1-6-8-10-12-14-16-18-19-20-21-23-25-27-29-31-33-40(45)51-38(37-50-42(41(46)47)48-35-34-43(3,4)5)36-49-39(44)32-30-28-26-24-22-17-15-13-11-9-7-2/h13,15,19-20,38,42H,6-12,14,16-18,21-37H2,1-5H3/p+1/b15-13-,20-19-. The van der Waals surface area contributed by atoms with Crippen molar-refractivity contribution < 1.29 is 42.9 Å². The molecule has 0 aromatic heterocycles. The zero-order chi connectivity index (χ0) is 37.8. The summed E-state index contributed by atoms with van der Waals surface area (Å²) >= 11 is 0. The molecule has 0 bridgehead atoms. The van der Waals surface area contributed by atoms with Crippen LogP contribution in [0, 0.1) is 0 Å². The fourth-order valence-corrected chi connectivity index (χ4v) is 5.40. The zero-order valence-electron chi connectivity index (χ0n) is 33.5. The molecule has 0 fully saturated rings. The summed E-state index contributed by atoms with van der Waals surface area (Å²) in [6, 6.07) is 0. The van der Waals surface area contributed by atoms with Crippen molar-refractivity contribution in [2.75, 3.05) is 47.5 Å². The van der Waals surface area contributed by atoms with Crippen LogP contribution in [0.25, 0.3) is 0 Å². The molecule has 0 aromatic carbocycles. The zero-order valence-corrected chi connectivity index (χ0v) is 33.5. The van der Waals surface area contributed by atoms with Gasteiger partial charge in [0.05, 0.1) is 34.4 Å². The number of carbonyl (C=O) groups excluding carboxylic acids is 2. The van der Waals surface area contributed by atoms with E-state index in [1.807, 2.05) is 21.1 Å². The Morgan fingerprint density at radius 2 is 1.02 bits per heavy atom. The Labute approximate surface area is 312 Å². The van der Waals surface area contributed by atoms with Crippen LogP contribution in [0.15, 0.2) is 24.3 Å². The second-order valence-electron chi connectivity index (χ2n) is 14.9. The third-order valence-electron chi connectivity index (χ3n) is 8.68. The SMILES string of the molecule is CCCC/C=C\CCCCCCCC(=O)OCC(COC(OCC[N+](C)(C)C)C(=O)O)OC(=O)CCCCCCC/C=C\CCCCCCCC. The Morgan fingerprint density at radius 3 is 1.51 bits per heavy atom. The van der Waals surface area contributed by atoms with Gasteiger partial charge in [0.15, 0.2) is 6.10 Å². The van der Waals surface area contributed by atoms with Gasteiger partial charge in [-0.3, -0.25) is 9.59 Å². The molecular formula is C42H78NO8+. The summed E-state index contributed by atoms with van der Waals surface area (Å²) in [5, 5.41) is 9.59. The third kappa shape index (κ3) is 35.9. The van der Waals surface area contributed by atoms with E-state index < -0.39 is 24.3 Å². The van der Waals surface area contributed by atoms with Gasteiger partial charge < -0.3 is 28.5 Å². The van der Waals surface area contributed by atoms with E-state index in [0.29, 0.717) is 23.9 Å². The van der Waals surface area contributed by atoms with Crippen molar-refractivity contribution in [2.24, 2.45) is 0 Å². The van der Waals surface area contributed by atoms with E-state index in [9.17, 15) is 19.5 Å². The first-order valence-electron chi connectivity index (χ1n) is 20.5. The number of carbonyl (C=O) groups is 3. The molecule has 9 nitrogen and oxygen atoms in total. The number of hydrogen-bond donors (Lipinski definition) is 1. The molecule has 0 heterocycles. The topological polar surface area (TPSA) is 108 Å². The van der Waals surface area contributed by atoms with E-state index in [4.69, 9.17) is 18.9 Å². The molecule has 0 aliphatic rings. The molecular weight excluding hydrogens is 646 g/mol. The molecule has 0 aliphatic carbocycles. The molecule has 0 amide bonds. The minimum Gasteiger partial charge on any atom is -0.477 e. The largest absolute Gasteiger partial charge is 0.477 e. The molecule has 0 aromatic rings. The van der Waals surface area contributed by atoms with Crippen LogP contribution < -0.4 is 0 Å². The number of allylic oxidation sites excluding steroid dienone is 4. The first-order chi connectivity index (χ1) is 24.6. The number of esters is 2. The molecule has 0 aliphatic heterocycles. The van der Waals surface area contributed by atoms with E-state index in [1.54, 1.807) is 0 Å². The van der Waals surface area contributed by atoms with E-state index in [1.165, 1.54) is 57.8 Å². The number of quaternary nitrogens is 1. The van der Waals surface area contributed by atoms with Crippen molar-refractivity contribution in [1.29, 1.82) is 0 Å². The number of nitrogens with zero attached hydrogens (tertiary/aromatic N) is 1. The van der Waals surface area contributed by atoms with Crippen molar-refractivity contribution in [3.63, 3.8) is 0 Å². The maximum atomic E-state index is 12.7. The molecule has 2 atom stereocenters. The molecule has 0 saturated heterocycles. The van der Waals surface area contributed by atoms with E-state index in [2.05, 4.69) is 38.2 Å². The van der Waals surface area contributed by atoms with Gasteiger partial charge in [0.25, 0.3) is 6.29 Å². The molecule has 0 spiro atoms. The highest BCUT2D eigenvalue weighted by Crippen LogP contribution is 2.13. The van der Waals surface area contributed by atoms with E-state index >= 15 is 0 Å². The van der Waals surface area contributed by atoms with Gasteiger partial charge in [0, 0.05) is 12.8 Å². The molecule has 9 heteroatoms. The summed E-state index contributed by atoms with van der Waals surface area (Å²) in [7, 11) is 5.94. The molecule has 1 N–H and O–H groups in total. The van der Waals surface area contributed by atoms with E-state index in [0.717, 1.165) is 77.0 Å². The lowest BCUT2D eigenvalue weighted by atomic mass is 10.1. The first kappa shape index (κ1) is 48.8. The smallest absolute Gasteiger partial charge is 0.361 e. The number of hydrogen-bond acceptors (Lipinski definition) is 7. The number of rotatable bonds is 37. The summed E-state index contributed by atoms with van der Waals surface area (Å²) in [4.78, 5) is 36.9. The van der Waals surface area contributed by atoms with E-state index in [-0.39, 0.29) is 32.2 Å². The Hall–Kier alpha value is -2.23. The number of aliphatic carboxylic acids is 1. The Bertz CT molecular complexity index is 898. The molecule has 0 radical (unpaired) electrons. The van der Waals surface area contributed by atoms with Crippen molar-refractivity contribution >= 4 is 17.9 Å². The highest BCUT2D eigenvalue weighted by molar-refractivity contribution is 5.71. The van der Waals surface area contributed by atoms with Crippen molar-refractivity contribution in [2.45, 2.75) is 180 Å². The number of likely N-dealkylation sites (N-methyl/N-ethyl adjacent to an activating group) is 1. The lowest BCUT2D eigenvalue weighted by Crippen LogP contribution is -2.40. The normalized spacial score (nSPS) is 13.2. The van der Waals surface area contributed by atoms with Crippen LogP contribution in [0.5, 0.6) is 0 Å². The van der Waals surface area contributed by atoms with Crippen LogP contribution in [-0.4, -0.2) is 87.4 Å². The number of ether oxygens (including phenoxy) is 4. The second kappa shape index (κ2) is 34.8. The van der Waals surface area contributed by atoms with Gasteiger partial charge in [0.2, 0.25) is 0 Å². The molecule has 2 unspecified atom stereocenters. The number of carboxylic acid groups (broad SMARTS) is 1. The van der Waals surface area contributed by atoms with Crippen LogP contribution in [-0.2, 0) is 33.3 Å². The highest BCUT2D eigenvalue weighted by atomic mass is 16.7. The van der Waals surface area contributed by atoms with Gasteiger partial charge in [-0.1, -0.05) is 122 Å². The molecule has 298 valence electrons. The van der Waals surface area contributed by atoms with Gasteiger partial charge in [-0.2, -0.15) is 0 Å². The lowest BCUT2D eigenvalue weighted by molar-refractivity contribution is -0.870. The Kier molecular flexibility index (Phi) is 33.3. The monoisotopic (exact) mass is 725 g/mol. The Balaban J connectivity index is 4.52. The molecule has 0 saturated carbocycles. The lowest BCUT2D eigenvalue weighted by Gasteiger charge is -2.25. The van der Waals surface area contributed by atoms with Crippen LogP contribution >= 0.6 is 0 Å². The minimum atomic E-state index is -1.51. The third-order valence-corrected chi connectivity index (χ3v) is 8.68. The van der Waals surface area contributed by atoms with Crippen molar-refractivity contribution in [3.05, 3.63) is 24.3 Å². The number of carboxylic acids is 1. The average molecular weight is 725 g/mol. The van der Waals surface area contributed by atoms with Crippen LogP contribution in [0.3, 0.4) is 0 Å². The number of unbranched alkanes of at least 4 members (excludes halogenated alkanes) is 18. The summed E-state index contributed by atoms with van der Waals surface area (Å²) < 4.78 is 22.6. The molecule has 51 heavy (non-hydrogen) atoms. The van der Waals surface area contributed by atoms with Gasteiger partial charge >= 0.3 is 17.9 Å². The van der Waals surface area contributed by atoms with Crippen LogP contribution in [0.1, 0.15) is 168 Å². The van der Waals surface area contributed by atoms with Gasteiger partial charge in [0.1, 0.15) is 13.2 Å². The summed E-state index contributed by atoms with van der Waals surface area (Å²) in [5.41, 5.74) is 0. The fraction of sp³-hybridized carbons (Fsp3) is 0.833. The van der Waals surface area contributed by atoms with Gasteiger partial charge in [-0.25, -0.2) is 4.79 Å². The predicted molar refractivity (Wildman–Crippen MR) is 208 cm³/mol. The quantitative estimate of drug-likeness (QED) is 0.0222. The minimum absolute atomic E-state index is 0.186. The Morgan fingerprint density at radius 1 is 0.569 bits per heavy atom. The second-order valence-corrected chi connectivity index (χ2v) is 14.9. The summed E-state index contributed by atoms with van der Waals surface area (Å²) in [5.74, 6) is -2.03. The maximum Gasteiger partial charge on any atom is 0.361 e. The van der Waals surface area contributed by atoms with Crippen molar-refractivity contribution in [3.8, 4) is 0 Å². The summed E-state index contributed by atoms with van der Waals surface area (Å²) in [6.07, 6.45) is 32.3.